The van der Waals surface area contributed by atoms with Crippen LogP contribution in [0.2, 0.25) is 0 Å². The summed E-state index contributed by atoms with van der Waals surface area (Å²) in [4.78, 5) is 19.4. The van der Waals surface area contributed by atoms with E-state index in [-0.39, 0.29) is 11.8 Å². The molecule has 4 nitrogen and oxygen atoms in total. The Morgan fingerprint density at radius 1 is 0.818 bits per heavy atom. The maximum absolute atomic E-state index is 12.3. The Morgan fingerprint density at radius 3 is 2.05 bits per heavy atom. The molecule has 0 bridgehead atoms. The van der Waals surface area contributed by atoms with Gasteiger partial charge in [0.05, 0.1) is 22.5 Å². The van der Waals surface area contributed by atoms with Crippen molar-refractivity contribution in [1.82, 2.24) is 4.98 Å². The van der Waals surface area contributed by atoms with Gasteiger partial charge in [-0.05, 0) is 5.56 Å². The lowest BCUT2D eigenvalue weighted by Gasteiger charge is -2.00. The number of aromatic hydroxyl groups is 1. The zero-order valence-electron chi connectivity index (χ0n) is 11.6. The lowest BCUT2D eigenvalue weighted by molar-refractivity contribution is 0.101. The second kappa shape index (κ2) is 4.70. The van der Waals surface area contributed by atoms with Crippen molar-refractivity contribution in [3.05, 3.63) is 77.4 Å². The highest BCUT2D eigenvalue weighted by atomic mass is 16.3. The van der Waals surface area contributed by atoms with Gasteiger partial charge in [-0.1, -0.05) is 60.7 Å². The predicted molar refractivity (Wildman–Crippen MR) is 84.3 cm³/mol. The van der Waals surface area contributed by atoms with Crippen LogP contribution in [0.1, 0.15) is 21.5 Å². The van der Waals surface area contributed by atoms with Crippen LogP contribution in [0, 0.1) is 0 Å². The van der Waals surface area contributed by atoms with Crippen molar-refractivity contribution in [3.63, 3.8) is 0 Å². The Hall–Kier alpha value is -3.14. The average Bonchev–Trinajstić information content (AvgIpc) is 3.09. The minimum Gasteiger partial charge on any atom is -0.494 e. The molecule has 0 radical (unpaired) electrons. The number of amides is 1. The Kier molecular flexibility index (Phi) is 2.69. The molecule has 0 atom stereocenters. The van der Waals surface area contributed by atoms with Gasteiger partial charge in [-0.25, -0.2) is 4.99 Å². The summed E-state index contributed by atoms with van der Waals surface area (Å²) in [5, 5.41) is 10.3. The molecule has 3 aromatic rings. The number of carbonyl (C=O) groups excluding carboxylic acids is 1. The molecule has 0 saturated heterocycles. The number of aliphatic imine (C=N–C) groups is 1. The van der Waals surface area contributed by atoms with E-state index >= 15 is 0 Å². The molecule has 2 heterocycles. The summed E-state index contributed by atoms with van der Waals surface area (Å²) in [5.74, 6) is -0.355. The van der Waals surface area contributed by atoms with Crippen LogP contribution in [0.3, 0.4) is 0 Å². The van der Waals surface area contributed by atoms with Crippen molar-refractivity contribution in [2.45, 2.75) is 0 Å². The standard InChI is InChI=1S/C18H12N2O2/c21-17-13-14(16(20-17)12-9-5-2-6-10-12)18(22)19-15(13)11-7-3-1-4-8-11/h1-10,19,22H. The minimum absolute atomic E-state index is 0.0256. The lowest BCUT2D eigenvalue weighted by atomic mass is 10.0. The Bertz CT molecular complexity index is 894. The number of nitrogens with zero attached hydrogens (tertiary/aromatic N) is 1. The Labute approximate surface area is 126 Å². The molecule has 22 heavy (non-hydrogen) atoms. The second-order valence-corrected chi connectivity index (χ2v) is 5.10. The second-order valence-electron chi connectivity index (χ2n) is 5.10. The molecule has 1 aromatic heterocycles. The first-order valence-corrected chi connectivity index (χ1v) is 6.95. The molecular weight excluding hydrogens is 276 g/mol. The van der Waals surface area contributed by atoms with Crippen LogP contribution >= 0.6 is 0 Å². The zero-order valence-corrected chi connectivity index (χ0v) is 11.6. The number of benzene rings is 2. The van der Waals surface area contributed by atoms with Gasteiger partial charge in [0.15, 0.2) is 5.88 Å². The van der Waals surface area contributed by atoms with Gasteiger partial charge in [0, 0.05) is 5.56 Å². The molecule has 1 amide bonds. The van der Waals surface area contributed by atoms with Gasteiger partial charge < -0.3 is 10.1 Å². The van der Waals surface area contributed by atoms with E-state index in [4.69, 9.17) is 0 Å². The van der Waals surface area contributed by atoms with Crippen LogP contribution in [0.25, 0.3) is 11.3 Å². The summed E-state index contributed by atoms with van der Waals surface area (Å²) in [6.45, 7) is 0. The number of H-pyrrole nitrogens is 1. The number of aromatic amines is 1. The summed E-state index contributed by atoms with van der Waals surface area (Å²) in [6, 6.07) is 18.8. The number of hydrogen-bond donors (Lipinski definition) is 2. The fourth-order valence-electron chi connectivity index (χ4n) is 2.77. The number of aromatic nitrogens is 1. The maximum atomic E-state index is 12.3. The monoisotopic (exact) mass is 288 g/mol. The fraction of sp³-hybridized carbons (Fsp3) is 0. The molecule has 0 fully saturated rings. The van der Waals surface area contributed by atoms with Crippen LogP contribution in [-0.2, 0) is 0 Å². The SMILES string of the molecule is O=C1N=C(c2ccccc2)c2c(O)[nH]c(-c3ccccc3)c21. The van der Waals surface area contributed by atoms with Crippen LogP contribution in [0.4, 0.5) is 0 Å². The molecule has 1 aliphatic heterocycles. The first kappa shape index (κ1) is 12.6. The summed E-state index contributed by atoms with van der Waals surface area (Å²) in [6.07, 6.45) is 0. The molecule has 0 unspecified atom stereocenters. The highest BCUT2D eigenvalue weighted by Gasteiger charge is 2.33. The summed E-state index contributed by atoms with van der Waals surface area (Å²) in [7, 11) is 0. The molecule has 106 valence electrons. The van der Waals surface area contributed by atoms with Crippen molar-refractivity contribution >= 4 is 11.6 Å². The van der Waals surface area contributed by atoms with Gasteiger partial charge in [-0.3, -0.25) is 4.79 Å². The zero-order chi connectivity index (χ0) is 15.1. The first-order valence-electron chi connectivity index (χ1n) is 6.95. The number of rotatable bonds is 2. The van der Waals surface area contributed by atoms with Crippen molar-refractivity contribution in [2.24, 2.45) is 4.99 Å². The van der Waals surface area contributed by atoms with Crippen molar-refractivity contribution in [3.8, 4) is 17.1 Å². The molecule has 0 saturated carbocycles. The third kappa shape index (κ3) is 1.78. The molecular formula is C18H12N2O2. The normalized spacial score (nSPS) is 13.1. The van der Waals surface area contributed by atoms with E-state index in [1.165, 1.54) is 0 Å². The molecule has 4 rings (SSSR count). The van der Waals surface area contributed by atoms with Gasteiger partial charge >= 0.3 is 0 Å². The largest absolute Gasteiger partial charge is 0.494 e. The van der Waals surface area contributed by atoms with Gasteiger partial charge in [0.1, 0.15) is 0 Å². The predicted octanol–water partition coefficient (Wildman–Crippen LogP) is 3.38. The van der Waals surface area contributed by atoms with E-state index in [0.717, 1.165) is 11.1 Å². The van der Waals surface area contributed by atoms with E-state index in [2.05, 4.69) is 9.98 Å². The van der Waals surface area contributed by atoms with Gasteiger partial charge in [-0.15, -0.1) is 0 Å². The molecule has 0 spiro atoms. The summed E-state index contributed by atoms with van der Waals surface area (Å²) < 4.78 is 0. The number of nitrogens with one attached hydrogen (secondary N) is 1. The maximum Gasteiger partial charge on any atom is 0.280 e. The number of fused-ring (bicyclic) bond motifs is 1. The van der Waals surface area contributed by atoms with E-state index < -0.39 is 0 Å². The third-order valence-corrected chi connectivity index (χ3v) is 3.75. The minimum atomic E-state index is -0.329. The Balaban J connectivity index is 1.92. The Morgan fingerprint density at radius 2 is 1.41 bits per heavy atom. The van der Waals surface area contributed by atoms with Crippen LogP contribution in [-0.4, -0.2) is 21.7 Å². The van der Waals surface area contributed by atoms with Crippen molar-refractivity contribution < 1.29 is 9.90 Å². The molecule has 1 aliphatic rings. The third-order valence-electron chi connectivity index (χ3n) is 3.75. The highest BCUT2D eigenvalue weighted by molar-refractivity contribution is 6.30. The van der Waals surface area contributed by atoms with Gasteiger partial charge in [-0.2, -0.15) is 0 Å². The topological polar surface area (TPSA) is 65.4 Å². The van der Waals surface area contributed by atoms with E-state index in [9.17, 15) is 9.90 Å². The summed E-state index contributed by atoms with van der Waals surface area (Å²) >= 11 is 0. The van der Waals surface area contributed by atoms with E-state index in [1.54, 1.807) is 0 Å². The molecule has 4 heteroatoms. The number of carbonyl (C=O) groups is 1. The average molecular weight is 288 g/mol. The molecule has 0 aliphatic carbocycles. The van der Waals surface area contributed by atoms with Crippen LogP contribution < -0.4 is 0 Å². The van der Waals surface area contributed by atoms with Crippen molar-refractivity contribution in [2.75, 3.05) is 0 Å². The smallest absolute Gasteiger partial charge is 0.280 e. The van der Waals surface area contributed by atoms with E-state index in [0.29, 0.717) is 22.5 Å². The molecule has 2 N–H and O–H groups in total. The first-order chi connectivity index (χ1) is 10.8. The highest BCUT2D eigenvalue weighted by Crippen LogP contribution is 2.37. The van der Waals surface area contributed by atoms with Crippen LogP contribution in [0.5, 0.6) is 5.88 Å². The van der Waals surface area contributed by atoms with Crippen molar-refractivity contribution in [1.29, 1.82) is 0 Å². The fourth-order valence-corrected chi connectivity index (χ4v) is 2.77. The summed E-state index contributed by atoms with van der Waals surface area (Å²) in [5.41, 5.74) is 3.68. The van der Waals surface area contributed by atoms with Gasteiger partial charge in [0.2, 0.25) is 0 Å². The molecule has 2 aromatic carbocycles. The lowest BCUT2D eigenvalue weighted by Crippen LogP contribution is -1.99. The quantitative estimate of drug-likeness (QED) is 0.759. The van der Waals surface area contributed by atoms with Crippen LogP contribution in [0.15, 0.2) is 65.7 Å². The van der Waals surface area contributed by atoms with Gasteiger partial charge in [0.25, 0.3) is 5.91 Å². The number of hydrogen-bond acceptors (Lipinski definition) is 2. The van der Waals surface area contributed by atoms with E-state index in [1.807, 2.05) is 60.7 Å².